The molecule has 2 heterocycles. The quantitative estimate of drug-likeness (QED) is 0.785. The molecule has 0 spiro atoms. The number of hydrogen-bond donors (Lipinski definition) is 1. The Labute approximate surface area is 159 Å². The smallest absolute Gasteiger partial charge is 0.245 e. The van der Waals surface area contributed by atoms with Gasteiger partial charge in [-0.3, -0.25) is 0 Å². The number of rotatable bonds is 7. The van der Waals surface area contributed by atoms with Gasteiger partial charge in [-0.2, -0.15) is 4.31 Å². The van der Waals surface area contributed by atoms with Crippen LogP contribution < -0.4 is 5.32 Å². The summed E-state index contributed by atoms with van der Waals surface area (Å²) in [6.45, 7) is 14.2. The Hall–Kier alpha value is -1.18. The van der Waals surface area contributed by atoms with Gasteiger partial charge in [0, 0.05) is 43.5 Å². The van der Waals surface area contributed by atoms with Gasteiger partial charge in [-0.25, -0.2) is 13.4 Å². The average Bonchev–Trinajstić information content (AvgIpc) is 2.54. The third-order valence-electron chi connectivity index (χ3n) is 4.94. The van der Waals surface area contributed by atoms with Gasteiger partial charge in [-0.15, -0.1) is 0 Å². The number of hydrogen-bond acceptors (Lipinski definition) is 5. The van der Waals surface area contributed by atoms with Gasteiger partial charge >= 0.3 is 0 Å². The molecule has 6 nitrogen and oxygen atoms in total. The number of likely N-dealkylation sites (tertiary alicyclic amines) is 1. The van der Waals surface area contributed by atoms with Gasteiger partial charge in [0.05, 0.1) is 0 Å². The van der Waals surface area contributed by atoms with Crippen molar-refractivity contribution in [3.8, 4) is 0 Å². The molecule has 1 aromatic rings. The van der Waals surface area contributed by atoms with E-state index < -0.39 is 10.0 Å². The summed E-state index contributed by atoms with van der Waals surface area (Å²) < 4.78 is 27.3. The van der Waals surface area contributed by atoms with E-state index in [1.54, 1.807) is 12.1 Å². The molecule has 0 bridgehead atoms. The van der Waals surface area contributed by atoms with E-state index in [4.69, 9.17) is 0 Å². The lowest BCUT2D eigenvalue weighted by Crippen LogP contribution is -2.42. The maximum atomic E-state index is 12.9. The van der Waals surface area contributed by atoms with Gasteiger partial charge in [0.15, 0.2) is 0 Å². The Balaban J connectivity index is 2.04. The minimum absolute atomic E-state index is 0.0936. The Morgan fingerprint density at radius 2 is 1.65 bits per heavy atom. The summed E-state index contributed by atoms with van der Waals surface area (Å²) in [5.74, 6) is 0.743. The summed E-state index contributed by atoms with van der Waals surface area (Å²) in [4.78, 5) is 7.09. The van der Waals surface area contributed by atoms with Crippen molar-refractivity contribution in [3.63, 3.8) is 0 Å². The second-order valence-electron chi connectivity index (χ2n) is 7.95. The Bertz CT molecular complexity index is 655. The minimum atomic E-state index is -3.53. The van der Waals surface area contributed by atoms with Gasteiger partial charge in [-0.05, 0) is 66.5 Å². The zero-order chi connectivity index (χ0) is 19.5. The molecule has 1 fully saturated rings. The molecule has 1 saturated heterocycles. The molecule has 1 aliphatic heterocycles. The van der Waals surface area contributed by atoms with Crippen molar-refractivity contribution in [3.05, 3.63) is 18.3 Å². The summed E-state index contributed by atoms with van der Waals surface area (Å²) in [6, 6.07) is 4.23. The highest BCUT2D eigenvalue weighted by Gasteiger charge is 2.29. The first-order valence-corrected chi connectivity index (χ1v) is 11.1. The molecule has 26 heavy (non-hydrogen) atoms. The van der Waals surface area contributed by atoms with Crippen LogP contribution in [0, 0.1) is 0 Å². The first-order chi connectivity index (χ1) is 12.1. The number of piperidine rings is 1. The van der Waals surface area contributed by atoms with E-state index in [0.29, 0.717) is 12.1 Å². The lowest BCUT2D eigenvalue weighted by molar-refractivity contribution is 0.177. The van der Waals surface area contributed by atoms with E-state index in [2.05, 4.69) is 29.0 Å². The van der Waals surface area contributed by atoms with Crippen LogP contribution in [0.2, 0.25) is 0 Å². The van der Waals surface area contributed by atoms with E-state index >= 15 is 0 Å². The molecule has 0 amide bonds. The van der Waals surface area contributed by atoms with Crippen LogP contribution >= 0.6 is 0 Å². The van der Waals surface area contributed by atoms with Crippen LogP contribution in [-0.2, 0) is 10.0 Å². The molecular weight excluding hydrogens is 348 g/mol. The Morgan fingerprint density at radius 1 is 1.08 bits per heavy atom. The lowest BCUT2D eigenvalue weighted by atomic mass is 10.0. The van der Waals surface area contributed by atoms with Gasteiger partial charge < -0.3 is 10.2 Å². The van der Waals surface area contributed by atoms with Crippen molar-refractivity contribution in [1.82, 2.24) is 14.2 Å². The number of nitrogens with one attached hydrogen (secondary N) is 1. The fraction of sp³-hybridized carbons (Fsp3) is 0.737. The molecule has 1 N–H and O–H groups in total. The molecule has 0 saturated carbocycles. The minimum Gasteiger partial charge on any atom is -0.367 e. The molecule has 0 aromatic carbocycles. The number of aromatic nitrogens is 1. The topological polar surface area (TPSA) is 65.5 Å². The molecule has 1 aliphatic rings. The van der Waals surface area contributed by atoms with Gasteiger partial charge in [-0.1, -0.05) is 0 Å². The van der Waals surface area contributed by atoms with E-state index in [1.807, 2.05) is 27.7 Å². The zero-order valence-corrected chi connectivity index (χ0v) is 17.8. The molecule has 7 heteroatoms. The van der Waals surface area contributed by atoms with E-state index in [1.165, 1.54) is 10.5 Å². The molecule has 1 aromatic heterocycles. The SMILES string of the molecule is CC(C)N1CCC(Nc2ccc(S(=O)(=O)N(C(C)C)C(C)C)cn2)CC1. The highest BCUT2D eigenvalue weighted by atomic mass is 32.2. The van der Waals surface area contributed by atoms with Crippen molar-refractivity contribution in [2.75, 3.05) is 18.4 Å². The maximum Gasteiger partial charge on any atom is 0.245 e. The predicted molar refractivity (Wildman–Crippen MR) is 107 cm³/mol. The maximum absolute atomic E-state index is 12.9. The van der Waals surface area contributed by atoms with Gasteiger partial charge in [0.2, 0.25) is 10.0 Å². The standard InChI is InChI=1S/C19H34N4O2S/c1-14(2)22-11-9-17(10-12-22)21-19-8-7-18(13-20-19)26(24,25)23(15(3)4)16(5)6/h7-8,13-17H,9-12H2,1-6H3,(H,20,21). The molecule has 0 aliphatic carbocycles. The fourth-order valence-electron chi connectivity index (χ4n) is 3.66. The Kier molecular flexibility index (Phi) is 7.05. The molecule has 0 atom stereocenters. The summed E-state index contributed by atoms with van der Waals surface area (Å²) in [6.07, 6.45) is 3.63. The summed E-state index contributed by atoms with van der Waals surface area (Å²) in [5, 5.41) is 3.45. The highest BCUT2D eigenvalue weighted by Crippen LogP contribution is 2.22. The molecular formula is C19H34N4O2S. The van der Waals surface area contributed by atoms with E-state index in [9.17, 15) is 8.42 Å². The van der Waals surface area contributed by atoms with Crippen LogP contribution in [0.1, 0.15) is 54.4 Å². The van der Waals surface area contributed by atoms with E-state index in [0.717, 1.165) is 31.7 Å². The highest BCUT2D eigenvalue weighted by molar-refractivity contribution is 7.89. The van der Waals surface area contributed by atoms with E-state index in [-0.39, 0.29) is 17.0 Å². The van der Waals surface area contributed by atoms with Crippen molar-refractivity contribution in [2.24, 2.45) is 0 Å². The second kappa shape index (κ2) is 8.67. The molecule has 2 rings (SSSR count). The third-order valence-corrected chi connectivity index (χ3v) is 7.18. The first kappa shape index (κ1) is 21.1. The summed E-state index contributed by atoms with van der Waals surface area (Å²) in [7, 11) is -3.53. The van der Waals surface area contributed by atoms with Crippen LogP contribution in [0.15, 0.2) is 23.2 Å². The number of pyridine rings is 1. The normalized spacial score (nSPS) is 17.6. The van der Waals surface area contributed by atoms with Gasteiger partial charge in [0.1, 0.15) is 10.7 Å². The number of anilines is 1. The largest absolute Gasteiger partial charge is 0.367 e. The monoisotopic (exact) mass is 382 g/mol. The first-order valence-electron chi connectivity index (χ1n) is 9.63. The van der Waals surface area contributed by atoms with Crippen molar-refractivity contribution < 1.29 is 8.42 Å². The summed E-state index contributed by atoms with van der Waals surface area (Å²) in [5.41, 5.74) is 0. The molecule has 0 radical (unpaired) electrons. The van der Waals surface area contributed by atoms with Crippen molar-refractivity contribution in [2.45, 2.75) is 83.4 Å². The second-order valence-corrected chi connectivity index (χ2v) is 9.79. The van der Waals surface area contributed by atoms with Crippen LogP contribution in [0.25, 0.3) is 0 Å². The Morgan fingerprint density at radius 3 is 2.08 bits per heavy atom. The summed E-state index contributed by atoms with van der Waals surface area (Å²) >= 11 is 0. The number of sulfonamides is 1. The fourth-order valence-corrected chi connectivity index (χ4v) is 5.44. The van der Waals surface area contributed by atoms with Crippen molar-refractivity contribution in [1.29, 1.82) is 0 Å². The average molecular weight is 383 g/mol. The lowest BCUT2D eigenvalue weighted by Gasteiger charge is -2.35. The predicted octanol–water partition coefficient (Wildman–Crippen LogP) is 3.17. The van der Waals surface area contributed by atoms with Crippen molar-refractivity contribution >= 4 is 15.8 Å². The van der Waals surface area contributed by atoms with Crippen LogP contribution in [-0.4, -0.2) is 59.9 Å². The van der Waals surface area contributed by atoms with Crippen LogP contribution in [0.3, 0.4) is 0 Å². The molecule has 148 valence electrons. The third kappa shape index (κ3) is 4.96. The number of nitrogens with zero attached hydrogens (tertiary/aromatic N) is 3. The molecule has 0 unspecified atom stereocenters. The van der Waals surface area contributed by atoms with Crippen LogP contribution in [0.4, 0.5) is 5.82 Å². The van der Waals surface area contributed by atoms with Crippen LogP contribution in [0.5, 0.6) is 0 Å². The van der Waals surface area contributed by atoms with Gasteiger partial charge in [0.25, 0.3) is 0 Å². The zero-order valence-electron chi connectivity index (χ0n) is 16.9.